The number of nitrogens with zero attached hydrogens (tertiary/aromatic N) is 2. The Morgan fingerprint density at radius 3 is 2.47 bits per heavy atom. The summed E-state index contributed by atoms with van der Waals surface area (Å²) < 4.78 is 14.6. The molecule has 4 N–H and O–H groups in total. The van der Waals surface area contributed by atoms with Crippen LogP contribution in [0.4, 0.5) is 10.5 Å². The lowest BCUT2D eigenvalue weighted by Crippen LogP contribution is -2.09. The molecule has 0 aliphatic carbocycles. The summed E-state index contributed by atoms with van der Waals surface area (Å²) in [6.45, 7) is -0.226. The zero-order valence-electron chi connectivity index (χ0n) is 8.48. The molecule has 1 heterocycles. The van der Waals surface area contributed by atoms with Crippen molar-refractivity contribution in [2.24, 2.45) is 0 Å². The van der Waals surface area contributed by atoms with E-state index in [1.165, 1.54) is 12.4 Å². The molecule has 0 spiro atoms. The van der Waals surface area contributed by atoms with Crippen LogP contribution in [0.2, 0.25) is 0 Å². The van der Waals surface area contributed by atoms with E-state index in [4.69, 9.17) is 14.9 Å². The molecule has 0 fully saturated rings. The molecule has 1 aromatic rings. The second kappa shape index (κ2) is 5.69. The van der Waals surface area contributed by atoms with Crippen LogP contribution in [-0.4, -0.2) is 37.6 Å². The Morgan fingerprint density at radius 1 is 1.41 bits per heavy atom. The van der Waals surface area contributed by atoms with Crippen LogP contribution in [0.25, 0.3) is 0 Å². The molecule has 10 heteroatoms. The number of aromatic nitrogens is 2. The van der Waals surface area contributed by atoms with Gasteiger partial charge in [0.15, 0.2) is 0 Å². The van der Waals surface area contributed by atoms with Crippen molar-refractivity contribution in [2.75, 3.05) is 11.9 Å². The largest absolute Gasteiger partial charge is 0.469 e. The van der Waals surface area contributed by atoms with Gasteiger partial charge in [-0.05, 0) is 0 Å². The average Bonchev–Trinajstić information content (AvgIpc) is 2.18. The summed E-state index contributed by atoms with van der Waals surface area (Å²) in [5, 5.41) is 10.4. The van der Waals surface area contributed by atoms with Gasteiger partial charge in [0, 0.05) is 6.42 Å². The number of nitrogens with one attached hydrogen (secondary N) is 1. The molecular formula is C7H10N3O6P. The molecule has 0 saturated heterocycles. The van der Waals surface area contributed by atoms with Crippen molar-refractivity contribution in [3.05, 3.63) is 18.2 Å². The van der Waals surface area contributed by atoms with Crippen molar-refractivity contribution in [2.45, 2.75) is 6.42 Å². The van der Waals surface area contributed by atoms with Crippen LogP contribution in [-0.2, 0) is 15.5 Å². The van der Waals surface area contributed by atoms with Gasteiger partial charge in [0.1, 0.15) is 5.82 Å². The van der Waals surface area contributed by atoms with Crippen LogP contribution in [0.15, 0.2) is 12.4 Å². The molecule has 0 aliphatic rings. The van der Waals surface area contributed by atoms with E-state index in [0.717, 1.165) is 0 Å². The van der Waals surface area contributed by atoms with Gasteiger partial charge >= 0.3 is 13.9 Å². The topological polar surface area (TPSA) is 142 Å². The Labute approximate surface area is 95.7 Å². The number of amides is 1. The summed E-state index contributed by atoms with van der Waals surface area (Å²) in [5.74, 6) is 0.286. The third-order valence-electron chi connectivity index (χ3n) is 1.54. The molecule has 0 saturated carbocycles. The van der Waals surface area contributed by atoms with E-state index < -0.39 is 13.9 Å². The van der Waals surface area contributed by atoms with Gasteiger partial charge in [0.25, 0.3) is 0 Å². The molecule has 0 radical (unpaired) electrons. The van der Waals surface area contributed by atoms with Gasteiger partial charge in [-0.15, -0.1) is 0 Å². The summed E-state index contributed by atoms with van der Waals surface area (Å²) in [6.07, 6.45) is 1.37. The zero-order valence-corrected chi connectivity index (χ0v) is 9.37. The summed E-state index contributed by atoms with van der Waals surface area (Å²) in [4.78, 5) is 34.6. The quantitative estimate of drug-likeness (QED) is 0.552. The lowest BCUT2D eigenvalue weighted by atomic mass is 10.4. The molecule has 0 aromatic carbocycles. The molecule has 1 rings (SSSR count). The number of phosphoric ester groups is 1. The first-order valence-corrected chi connectivity index (χ1v) is 5.91. The predicted molar refractivity (Wildman–Crippen MR) is 55.4 cm³/mol. The smallest absolute Gasteiger partial charge is 0.465 e. The molecule has 9 nitrogen and oxygen atoms in total. The predicted octanol–water partition coefficient (Wildman–Crippen LogP) is 0.218. The van der Waals surface area contributed by atoms with E-state index in [2.05, 4.69) is 14.5 Å². The molecule has 94 valence electrons. The molecule has 0 aliphatic heterocycles. The van der Waals surface area contributed by atoms with Crippen molar-refractivity contribution in [3.63, 3.8) is 0 Å². The highest BCUT2D eigenvalue weighted by molar-refractivity contribution is 7.46. The van der Waals surface area contributed by atoms with Gasteiger partial charge < -0.3 is 14.9 Å². The Kier molecular flexibility index (Phi) is 4.53. The van der Waals surface area contributed by atoms with Crippen molar-refractivity contribution >= 4 is 19.6 Å². The van der Waals surface area contributed by atoms with Crippen LogP contribution in [0.3, 0.4) is 0 Å². The maximum Gasteiger partial charge on any atom is 0.469 e. The lowest BCUT2D eigenvalue weighted by molar-refractivity contribution is 0.198. The van der Waals surface area contributed by atoms with Gasteiger partial charge in [0.2, 0.25) is 0 Å². The first-order chi connectivity index (χ1) is 7.87. The minimum Gasteiger partial charge on any atom is -0.465 e. The first-order valence-electron chi connectivity index (χ1n) is 4.38. The second-order valence-electron chi connectivity index (χ2n) is 2.89. The number of hydrogen-bond donors (Lipinski definition) is 4. The fraction of sp³-hybridized carbons (Fsp3) is 0.286. The Morgan fingerprint density at radius 2 is 2.00 bits per heavy atom. The van der Waals surface area contributed by atoms with E-state index >= 15 is 0 Å². The second-order valence-corrected chi connectivity index (χ2v) is 4.13. The fourth-order valence-electron chi connectivity index (χ4n) is 0.928. The summed E-state index contributed by atoms with van der Waals surface area (Å²) in [6, 6.07) is 0. The van der Waals surface area contributed by atoms with Crippen LogP contribution in [0.1, 0.15) is 5.82 Å². The molecular weight excluding hydrogens is 253 g/mol. The van der Waals surface area contributed by atoms with Gasteiger partial charge in [-0.25, -0.2) is 19.3 Å². The number of carbonyl (C=O) groups is 1. The minimum atomic E-state index is -4.48. The normalized spacial score (nSPS) is 11.2. The summed E-state index contributed by atoms with van der Waals surface area (Å²) in [7, 11) is -4.48. The van der Waals surface area contributed by atoms with Crippen LogP contribution in [0, 0.1) is 0 Å². The van der Waals surface area contributed by atoms with Crippen LogP contribution < -0.4 is 5.32 Å². The zero-order chi connectivity index (χ0) is 12.9. The van der Waals surface area contributed by atoms with Crippen LogP contribution in [0.5, 0.6) is 0 Å². The number of carboxylic acid groups (broad SMARTS) is 1. The fourth-order valence-corrected chi connectivity index (χ4v) is 1.26. The highest BCUT2D eigenvalue weighted by Gasteiger charge is 2.13. The Balaban J connectivity index is 2.46. The van der Waals surface area contributed by atoms with Gasteiger partial charge in [-0.3, -0.25) is 9.84 Å². The summed E-state index contributed by atoms with van der Waals surface area (Å²) >= 11 is 0. The van der Waals surface area contributed by atoms with E-state index in [1.54, 1.807) is 0 Å². The highest BCUT2D eigenvalue weighted by atomic mass is 31.2. The maximum atomic E-state index is 10.4. The third-order valence-corrected chi connectivity index (χ3v) is 2.06. The van der Waals surface area contributed by atoms with E-state index in [-0.39, 0.29) is 24.5 Å². The maximum absolute atomic E-state index is 10.4. The van der Waals surface area contributed by atoms with Crippen molar-refractivity contribution in [1.29, 1.82) is 0 Å². The molecule has 1 aromatic heterocycles. The Hall–Kier alpha value is -1.54. The molecule has 0 bridgehead atoms. The van der Waals surface area contributed by atoms with E-state index in [0.29, 0.717) is 0 Å². The van der Waals surface area contributed by atoms with Gasteiger partial charge in [-0.1, -0.05) is 0 Å². The highest BCUT2D eigenvalue weighted by Crippen LogP contribution is 2.35. The van der Waals surface area contributed by atoms with Crippen LogP contribution >= 0.6 is 7.82 Å². The average molecular weight is 263 g/mol. The third kappa shape index (κ3) is 5.93. The SMILES string of the molecule is O=C(O)Nc1cnc(CCOP(=O)(O)O)nc1. The number of hydrogen-bond acceptors (Lipinski definition) is 5. The lowest BCUT2D eigenvalue weighted by Gasteiger charge is -2.04. The number of phosphoric acid groups is 1. The number of rotatable bonds is 5. The first kappa shape index (κ1) is 13.5. The number of anilines is 1. The van der Waals surface area contributed by atoms with Gasteiger partial charge in [-0.2, -0.15) is 0 Å². The minimum absolute atomic E-state index is 0.110. The molecule has 1 amide bonds. The van der Waals surface area contributed by atoms with Crippen molar-refractivity contribution in [1.82, 2.24) is 9.97 Å². The van der Waals surface area contributed by atoms with Gasteiger partial charge in [0.05, 0.1) is 24.7 Å². The van der Waals surface area contributed by atoms with Crippen molar-refractivity contribution < 1.29 is 28.8 Å². The van der Waals surface area contributed by atoms with E-state index in [9.17, 15) is 9.36 Å². The molecule has 0 atom stereocenters. The van der Waals surface area contributed by atoms with E-state index in [1.807, 2.05) is 5.32 Å². The standard InChI is InChI=1S/C7H10N3O6P/c11-7(12)10-5-3-8-6(9-4-5)1-2-16-17(13,14)15/h3-4,10H,1-2H2,(H,11,12)(H2,13,14,15). The molecule has 17 heavy (non-hydrogen) atoms. The summed E-state index contributed by atoms with van der Waals surface area (Å²) in [5.41, 5.74) is 0.206. The molecule has 0 unspecified atom stereocenters. The Bertz CT molecular complexity index is 430. The monoisotopic (exact) mass is 263 g/mol. The van der Waals surface area contributed by atoms with Crippen molar-refractivity contribution in [3.8, 4) is 0 Å².